The van der Waals surface area contributed by atoms with E-state index in [4.69, 9.17) is 4.42 Å². The van der Waals surface area contributed by atoms with Crippen molar-refractivity contribution in [2.75, 3.05) is 0 Å². The minimum atomic E-state index is 0.284. The van der Waals surface area contributed by atoms with E-state index >= 15 is 0 Å². The third-order valence-corrected chi connectivity index (χ3v) is 8.69. The maximum Gasteiger partial charge on any atom is 0.143 e. The number of fused-ring (bicyclic) bond motifs is 9. The first-order valence-corrected chi connectivity index (χ1v) is 14.0. The number of hydrogen-bond donors (Lipinski definition) is 0. The minimum Gasteiger partial charge on any atom is -0.456 e. The molecule has 2 heterocycles. The summed E-state index contributed by atoms with van der Waals surface area (Å²) >= 11 is 0. The minimum absolute atomic E-state index is 0.284. The SMILES string of the molecule is C1=c2oc3c(ccc4ccccc43)c2=CC(c2ccc3c4ccccc4n(-c4ccc5ccccc5c4)c3c2)C1. The average Bonchev–Trinajstić information content (AvgIpc) is 3.56. The van der Waals surface area contributed by atoms with Crippen LogP contribution in [0.3, 0.4) is 0 Å². The molecule has 40 heavy (non-hydrogen) atoms. The third kappa shape index (κ3) is 3.11. The second-order valence-corrected chi connectivity index (χ2v) is 10.9. The Kier molecular flexibility index (Phi) is 4.48. The monoisotopic (exact) mass is 511 g/mol. The Morgan fingerprint density at radius 1 is 0.575 bits per heavy atom. The first-order valence-electron chi connectivity index (χ1n) is 14.0. The van der Waals surface area contributed by atoms with Gasteiger partial charge in [-0.1, -0.05) is 97.1 Å². The van der Waals surface area contributed by atoms with Crippen molar-refractivity contribution >= 4 is 66.5 Å². The largest absolute Gasteiger partial charge is 0.456 e. The number of rotatable bonds is 2. The Hall–Kier alpha value is -5.08. The van der Waals surface area contributed by atoms with Gasteiger partial charge >= 0.3 is 0 Å². The van der Waals surface area contributed by atoms with E-state index in [-0.39, 0.29) is 5.92 Å². The van der Waals surface area contributed by atoms with Gasteiger partial charge in [0.25, 0.3) is 0 Å². The normalized spacial score (nSPS) is 15.1. The molecule has 0 bridgehead atoms. The summed E-state index contributed by atoms with van der Waals surface area (Å²) in [6, 6.07) is 44.1. The van der Waals surface area contributed by atoms with Gasteiger partial charge in [-0.05, 0) is 64.6 Å². The van der Waals surface area contributed by atoms with Crippen LogP contribution in [0.1, 0.15) is 17.9 Å². The summed E-state index contributed by atoms with van der Waals surface area (Å²) in [5.41, 5.74) is 6.98. The fraction of sp³-hybridized carbons (Fsp3) is 0.0526. The van der Waals surface area contributed by atoms with Gasteiger partial charge in [-0.3, -0.25) is 0 Å². The topological polar surface area (TPSA) is 18.1 Å². The van der Waals surface area contributed by atoms with Crippen molar-refractivity contribution < 1.29 is 4.42 Å². The zero-order chi connectivity index (χ0) is 26.2. The van der Waals surface area contributed by atoms with Crippen molar-refractivity contribution in [1.29, 1.82) is 0 Å². The Balaban J connectivity index is 1.25. The van der Waals surface area contributed by atoms with Crippen LogP contribution in [0.15, 0.2) is 126 Å². The van der Waals surface area contributed by atoms with Gasteiger partial charge in [0.1, 0.15) is 11.0 Å². The van der Waals surface area contributed by atoms with Crippen molar-refractivity contribution in [2.24, 2.45) is 0 Å². The zero-order valence-corrected chi connectivity index (χ0v) is 21.8. The molecule has 2 nitrogen and oxygen atoms in total. The molecular formula is C38H25NO. The van der Waals surface area contributed by atoms with Gasteiger partial charge in [0.2, 0.25) is 0 Å². The van der Waals surface area contributed by atoms with Crippen LogP contribution < -0.4 is 10.6 Å². The van der Waals surface area contributed by atoms with Crippen LogP contribution in [-0.4, -0.2) is 4.57 Å². The molecular weight excluding hydrogens is 486 g/mol. The second kappa shape index (κ2) is 8.21. The summed E-state index contributed by atoms with van der Waals surface area (Å²) in [5.74, 6) is 0.284. The van der Waals surface area contributed by atoms with E-state index < -0.39 is 0 Å². The molecule has 0 aliphatic heterocycles. The van der Waals surface area contributed by atoms with Gasteiger partial charge < -0.3 is 8.98 Å². The fourth-order valence-electron chi connectivity index (χ4n) is 6.73. The number of hydrogen-bond acceptors (Lipinski definition) is 1. The van der Waals surface area contributed by atoms with Gasteiger partial charge in [-0.15, -0.1) is 0 Å². The molecule has 2 aromatic heterocycles. The molecule has 0 saturated heterocycles. The average molecular weight is 512 g/mol. The van der Waals surface area contributed by atoms with E-state index in [0.29, 0.717) is 0 Å². The van der Waals surface area contributed by atoms with E-state index in [1.807, 2.05) is 0 Å². The number of aromatic nitrogens is 1. The highest BCUT2D eigenvalue weighted by Crippen LogP contribution is 2.36. The van der Waals surface area contributed by atoms with E-state index in [1.54, 1.807) is 0 Å². The van der Waals surface area contributed by atoms with Crippen LogP contribution in [0.5, 0.6) is 0 Å². The Morgan fingerprint density at radius 3 is 2.23 bits per heavy atom. The lowest BCUT2D eigenvalue weighted by Gasteiger charge is -2.15. The number of para-hydroxylation sites is 1. The second-order valence-electron chi connectivity index (χ2n) is 10.9. The molecule has 0 radical (unpaired) electrons. The van der Waals surface area contributed by atoms with E-state index in [0.717, 1.165) is 17.4 Å². The van der Waals surface area contributed by atoms with E-state index in [9.17, 15) is 0 Å². The lowest BCUT2D eigenvalue weighted by Crippen LogP contribution is -2.24. The Bertz CT molecular complexity index is 2420. The van der Waals surface area contributed by atoms with Gasteiger partial charge in [-0.2, -0.15) is 0 Å². The summed E-state index contributed by atoms with van der Waals surface area (Å²) in [6.45, 7) is 0. The molecule has 1 unspecified atom stereocenters. The summed E-state index contributed by atoms with van der Waals surface area (Å²) in [4.78, 5) is 0. The van der Waals surface area contributed by atoms with Crippen molar-refractivity contribution in [3.8, 4) is 5.69 Å². The highest BCUT2D eigenvalue weighted by atomic mass is 16.3. The summed E-state index contributed by atoms with van der Waals surface area (Å²) < 4.78 is 8.85. The van der Waals surface area contributed by atoms with Crippen molar-refractivity contribution in [3.63, 3.8) is 0 Å². The maximum absolute atomic E-state index is 6.42. The number of benzene rings is 6. The first-order chi connectivity index (χ1) is 19.8. The Morgan fingerprint density at radius 2 is 1.30 bits per heavy atom. The van der Waals surface area contributed by atoms with Crippen LogP contribution in [-0.2, 0) is 0 Å². The zero-order valence-electron chi connectivity index (χ0n) is 21.8. The predicted octanol–water partition coefficient (Wildman–Crippen LogP) is 8.58. The lowest BCUT2D eigenvalue weighted by molar-refractivity contribution is 0.573. The quantitative estimate of drug-likeness (QED) is 0.227. The molecule has 1 aliphatic carbocycles. The van der Waals surface area contributed by atoms with E-state index in [2.05, 4.69) is 138 Å². The van der Waals surface area contributed by atoms with Crippen LogP contribution >= 0.6 is 0 Å². The van der Waals surface area contributed by atoms with Crippen LogP contribution in [0, 0.1) is 0 Å². The van der Waals surface area contributed by atoms with Gasteiger partial charge in [0.15, 0.2) is 0 Å². The molecule has 0 spiro atoms. The highest BCUT2D eigenvalue weighted by Gasteiger charge is 2.18. The molecule has 9 rings (SSSR count). The maximum atomic E-state index is 6.42. The molecule has 1 atom stereocenters. The first kappa shape index (κ1) is 21.8. The summed E-state index contributed by atoms with van der Waals surface area (Å²) in [7, 11) is 0. The van der Waals surface area contributed by atoms with Crippen LogP contribution in [0.2, 0.25) is 0 Å². The predicted molar refractivity (Wildman–Crippen MR) is 168 cm³/mol. The molecule has 0 N–H and O–H groups in total. The smallest absolute Gasteiger partial charge is 0.143 e. The third-order valence-electron chi connectivity index (χ3n) is 8.69. The van der Waals surface area contributed by atoms with E-state index in [1.165, 1.54) is 65.2 Å². The van der Waals surface area contributed by atoms with Gasteiger partial charge in [-0.25, -0.2) is 0 Å². The number of furan rings is 1. The van der Waals surface area contributed by atoms with Crippen LogP contribution in [0.4, 0.5) is 0 Å². The molecule has 188 valence electrons. The summed E-state index contributed by atoms with van der Waals surface area (Å²) in [6.07, 6.45) is 5.62. The highest BCUT2D eigenvalue weighted by molar-refractivity contribution is 6.10. The fourth-order valence-corrected chi connectivity index (χ4v) is 6.73. The van der Waals surface area contributed by atoms with Crippen molar-refractivity contribution in [1.82, 2.24) is 4.57 Å². The van der Waals surface area contributed by atoms with Crippen molar-refractivity contribution in [3.05, 3.63) is 138 Å². The van der Waals surface area contributed by atoms with Crippen molar-refractivity contribution in [2.45, 2.75) is 12.3 Å². The molecule has 6 aromatic carbocycles. The lowest BCUT2D eigenvalue weighted by atomic mass is 9.91. The molecule has 0 amide bonds. The molecule has 0 saturated carbocycles. The van der Waals surface area contributed by atoms with Crippen LogP contribution in [0.25, 0.3) is 72.2 Å². The van der Waals surface area contributed by atoms with Gasteiger partial charge in [0, 0.05) is 38.4 Å². The molecule has 0 fully saturated rings. The standard InChI is InChI=1S/C38H25NO/c1-2-9-26-21-29(17-13-24(26)7-1)39-35-12-6-5-11-31(35)32-18-15-28(23-36(32)39)27-16-20-37-34(22-27)33-19-14-25-8-3-4-10-30(25)38(33)40-37/h1-15,17-23,27H,16H2. The molecule has 2 heteroatoms. The molecule has 8 aromatic rings. The molecule has 1 aliphatic rings. The van der Waals surface area contributed by atoms with Gasteiger partial charge in [0.05, 0.1) is 11.0 Å². The number of nitrogens with zero attached hydrogens (tertiary/aromatic N) is 1. The Labute approximate surface area is 230 Å². The summed E-state index contributed by atoms with van der Waals surface area (Å²) in [5, 5.41) is 9.88.